The Bertz CT molecular complexity index is 1040. The van der Waals surface area contributed by atoms with Crippen molar-refractivity contribution in [3.63, 3.8) is 0 Å². The van der Waals surface area contributed by atoms with Crippen molar-refractivity contribution in [2.24, 2.45) is 0 Å². The quantitative estimate of drug-likeness (QED) is 0.638. The van der Waals surface area contributed by atoms with E-state index in [1.807, 2.05) is 6.07 Å². The van der Waals surface area contributed by atoms with E-state index < -0.39 is 15.9 Å². The van der Waals surface area contributed by atoms with Crippen LogP contribution in [-0.2, 0) is 15.8 Å². The summed E-state index contributed by atoms with van der Waals surface area (Å²) in [6.07, 6.45) is 0. The van der Waals surface area contributed by atoms with Crippen LogP contribution >= 0.6 is 11.6 Å². The van der Waals surface area contributed by atoms with Gasteiger partial charge in [-0.2, -0.15) is 0 Å². The van der Waals surface area contributed by atoms with Crippen LogP contribution in [-0.4, -0.2) is 14.3 Å². The van der Waals surface area contributed by atoms with Crippen molar-refractivity contribution in [1.29, 1.82) is 0 Å². The molecule has 0 aliphatic rings. The van der Waals surface area contributed by atoms with Crippen LogP contribution in [0.1, 0.15) is 15.9 Å². The predicted molar refractivity (Wildman–Crippen MR) is 109 cm³/mol. The molecule has 0 bridgehead atoms. The highest BCUT2D eigenvalue weighted by Crippen LogP contribution is 2.21. The summed E-state index contributed by atoms with van der Waals surface area (Å²) in [5.74, 6) is -0.601. The van der Waals surface area contributed by atoms with Gasteiger partial charge < -0.3 is 5.32 Å². The molecular weight excluding hydrogens is 384 g/mol. The zero-order chi connectivity index (χ0) is 19.3. The molecule has 3 aromatic rings. The van der Waals surface area contributed by atoms with E-state index in [9.17, 15) is 13.2 Å². The largest absolute Gasteiger partial charge is 0.322 e. The van der Waals surface area contributed by atoms with Gasteiger partial charge in [0.05, 0.1) is 17.0 Å². The summed E-state index contributed by atoms with van der Waals surface area (Å²) in [6.45, 7) is 0. The van der Waals surface area contributed by atoms with E-state index in [-0.39, 0.29) is 17.0 Å². The highest BCUT2D eigenvalue weighted by molar-refractivity contribution is 7.91. The first kappa shape index (κ1) is 18.9. The molecule has 1 amide bonds. The SMILES string of the molecule is O=C(Nc1ccc(Cl)cc1)c1ccccc1NS(=O)(=O)Cc1ccccc1. The van der Waals surface area contributed by atoms with Gasteiger partial charge in [0.1, 0.15) is 0 Å². The fraction of sp³-hybridized carbons (Fsp3) is 0.0500. The average Bonchev–Trinajstić information content (AvgIpc) is 2.64. The molecule has 27 heavy (non-hydrogen) atoms. The van der Waals surface area contributed by atoms with Gasteiger partial charge in [0.15, 0.2) is 0 Å². The molecule has 138 valence electrons. The zero-order valence-corrected chi connectivity index (χ0v) is 15.8. The van der Waals surface area contributed by atoms with Gasteiger partial charge in [-0.05, 0) is 42.0 Å². The van der Waals surface area contributed by atoms with Crippen molar-refractivity contribution in [3.8, 4) is 0 Å². The Morgan fingerprint density at radius 1 is 0.852 bits per heavy atom. The summed E-state index contributed by atoms with van der Waals surface area (Å²) < 4.78 is 27.5. The second-order valence-corrected chi connectivity index (χ2v) is 8.01. The van der Waals surface area contributed by atoms with Crippen LogP contribution in [0.2, 0.25) is 5.02 Å². The number of carbonyl (C=O) groups is 1. The molecule has 3 rings (SSSR count). The van der Waals surface area contributed by atoms with Crippen molar-refractivity contribution in [1.82, 2.24) is 0 Å². The molecule has 0 radical (unpaired) electrons. The maximum Gasteiger partial charge on any atom is 0.257 e. The first-order valence-electron chi connectivity index (χ1n) is 8.13. The molecule has 0 saturated carbocycles. The maximum atomic E-state index is 12.6. The Kier molecular flexibility index (Phi) is 5.78. The van der Waals surface area contributed by atoms with E-state index >= 15 is 0 Å². The minimum Gasteiger partial charge on any atom is -0.322 e. The van der Waals surface area contributed by atoms with Crippen molar-refractivity contribution in [2.45, 2.75) is 5.75 Å². The predicted octanol–water partition coefficient (Wildman–Crippen LogP) is 4.53. The molecule has 5 nitrogen and oxygen atoms in total. The highest BCUT2D eigenvalue weighted by Gasteiger charge is 2.17. The van der Waals surface area contributed by atoms with E-state index in [1.165, 1.54) is 0 Å². The third-order valence-corrected chi connectivity index (χ3v) is 5.24. The lowest BCUT2D eigenvalue weighted by atomic mass is 10.1. The molecule has 0 aliphatic carbocycles. The van der Waals surface area contributed by atoms with E-state index in [4.69, 9.17) is 11.6 Å². The Balaban J connectivity index is 1.79. The Hall–Kier alpha value is -2.83. The number of hydrogen-bond acceptors (Lipinski definition) is 3. The molecule has 0 atom stereocenters. The van der Waals surface area contributed by atoms with E-state index in [1.54, 1.807) is 72.8 Å². The van der Waals surface area contributed by atoms with Crippen molar-refractivity contribution in [3.05, 3.63) is 95.0 Å². The minimum atomic E-state index is -3.67. The summed E-state index contributed by atoms with van der Waals surface area (Å²) in [7, 11) is -3.67. The van der Waals surface area contributed by atoms with Gasteiger partial charge in [-0.15, -0.1) is 0 Å². The van der Waals surface area contributed by atoms with E-state index in [0.29, 0.717) is 16.3 Å². The summed E-state index contributed by atoms with van der Waals surface area (Å²) in [5.41, 5.74) is 1.67. The number of nitrogens with one attached hydrogen (secondary N) is 2. The van der Waals surface area contributed by atoms with Crippen molar-refractivity contribution >= 4 is 38.9 Å². The second-order valence-electron chi connectivity index (χ2n) is 5.85. The maximum absolute atomic E-state index is 12.6. The topological polar surface area (TPSA) is 75.3 Å². The highest BCUT2D eigenvalue weighted by atomic mass is 35.5. The van der Waals surface area contributed by atoms with Crippen LogP contribution in [0.25, 0.3) is 0 Å². The van der Waals surface area contributed by atoms with Crippen LogP contribution in [0.4, 0.5) is 11.4 Å². The third kappa shape index (κ3) is 5.32. The molecule has 3 aromatic carbocycles. The van der Waals surface area contributed by atoms with Crippen LogP contribution in [0.15, 0.2) is 78.9 Å². The average molecular weight is 401 g/mol. The van der Waals surface area contributed by atoms with Crippen LogP contribution in [0, 0.1) is 0 Å². The van der Waals surface area contributed by atoms with Crippen LogP contribution < -0.4 is 10.0 Å². The zero-order valence-electron chi connectivity index (χ0n) is 14.2. The molecule has 0 aliphatic heterocycles. The normalized spacial score (nSPS) is 11.0. The fourth-order valence-corrected chi connectivity index (χ4v) is 3.84. The molecule has 0 saturated heterocycles. The van der Waals surface area contributed by atoms with Gasteiger partial charge in [0, 0.05) is 10.7 Å². The van der Waals surface area contributed by atoms with Gasteiger partial charge in [0.2, 0.25) is 10.0 Å². The number of benzene rings is 3. The molecule has 7 heteroatoms. The molecule has 0 fully saturated rings. The minimum absolute atomic E-state index is 0.180. The van der Waals surface area contributed by atoms with E-state index in [2.05, 4.69) is 10.0 Å². The van der Waals surface area contributed by atoms with Gasteiger partial charge in [0.25, 0.3) is 5.91 Å². The summed E-state index contributed by atoms with van der Waals surface area (Å²) in [5, 5.41) is 3.29. The third-order valence-electron chi connectivity index (χ3n) is 3.74. The van der Waals surface area contributed by atoms with Crippen LogP contribution in [0.3, 0.4) is 0 Å². The molecule has 2 N–H and O–H groups in total. The second kappa shape index (κ2) is 8.24. The first-order chi connectivity index (χ1) is 12.9. The van der Waals surface area contributed by atoms with Crippen molar-refractivity contribution in [2.75, 3.05) is 10.0 Å². The number of anilines is 2. The molecule has 0 aromatic heterocycles. The summed E-state index contributed by atoms with van der Waals surface area (Å²) >= 11 is 5.84. The number of para-hydroxylation sites is 1. The summed E-state index contributed by atoms with van der Waals surface area (Å²) in [4.78, 5) is 12.6. The fourth-order valence-electron chi connectivity index (χ4n) is 2.50. The number of amides is 1. The molecule has 0 heterocycles. The number of halogens is 1. The van der Waals surface area contributed by atoms with E-state index in [0.717, 1.165) is 0 Å². The van der Waals surface area contributed by atoms with Gasteiger partial charge in [-0.3, -0.25) is 9.52 Å². The molecule has 0 unspecified atom stereocenters. The Labute approximate surface area is 163 Å². The Morgan fingerprint density at radius 2 is 1.48 bits per heavy atom. The lowest BCUT2D eigenvalue weighted by molar-refractivity contribution is 0.102. The van der Waals surface area contributed by atoms with Gasteiger partial charge in [-0.1, -0.05) is 54.1 Å². The van der Waals surface area contributed by atoms with Crippen LogP contribution in [0.5, 0.6) is 0 Å². The lowest BCUT2D eigenvalue weighted by Crippen LogP contribution is -2.19. The standard InChI is InChI=1S/C20H17ClN2O3S/c21-16-10-12-17(13-11-16)22-20(24)18-8-4-5-9-19(18)23-27(25,26)14-15-6-2-1-3-7-15/h1-13,23H,14H2,(H,22,24). The smallest absolute Gasteiger partial charge is 0.257 e. The number of sulfonamides is 1. The molecule has 0 spiro atoms. The monoisotopic (exact) mass is 400 g/mol. The number of hydrogen-bond donors (Lipinski definition) is 2. The Morgan fingerprint density at radius 3 is 2.19 bits per heavy atom. The van der Waals surface area contributed by atoms with Gasteiger partial charge >= 0.3 is 0 Å². The molecular formula is C20H17ClN2O3S. The lowest BCUT2D eigenvalue weighted by Gasteiger charge is -2.13. The van der Waals surface area contributed by atoms with Crippen molar-refractivity contribution < 1.29 is 13.2 Å². The summed E-state index contributed by atoms with van der Waals surface area (Å²) in [6, 6.07) is 22.0. The number of rotatable bonds is 6. The van der Waals surface area contributed by atoms with Gasteiger partial charge in [-0.25, -0.2) is 8.42 Å². The number of carbonyl (C=O) groups excluding carboxylic acids is 1. The first-order valence-corrected chi connectivity index (χ1v) is 10.2.